The largest absolute Gasteiger partial charge is 0.484 e. The van der Waals surface area contributed by atoms with Gasteiger partial charge < -0.3 is 14.4 Å². The number of halogens is 1. The topological polar surface area (TPSA) is 68.4 Å². The van der Waals surface area contributed by atoms with E-state index in [-0.39, 0.29) is 13.2 Å². The molecule has 19 heavy (non-hydrogen) atoms. The SMILES string of the molecule is OCc1ccc(OCc2noc(C3CC3)n2)c(Cl)c1. The fraction of sp³-hybridized carbons (Fsp3) is 0.385. The molecular formula is C13H13ClN2O3. The summed E-state index contributed by atoms with van der Waals surface area (Å²) < 4.78 is 10.7. The summed E-state index contributed by atoms with van der Waals surface area (Å²) in [6.45, 7) is 0.171. The molecule has 100 valence electrons. The van der Waals surface area contributed by atoms with Crippen LogP contribution in [-0.2, 0) is 13.2 Å². The van der Waals surface area contributed by atoms with Crippen molar-refractivity contribution in [3.63, 3.8) is 0 Å². The molecule has 0 radical (unpaired) electrons. The standard InChI is InChI=1S/C13H13ClN2O3/c14-10-5-8(6-17)1-4-11(10)18-7-12-15-13(19-16-12)9-2-3-9/h1,4-5,9,17H,2-3,6-7H2. The number of hydrogen-bond donors (Lipinski definition) is 1. The first-order chi connectivity index (χ1) is 9.26. The number of ether oxygens (including phenoxy) is 1. The maximum Gasteiger partial charge on any atom is 0.229 e. The van der Waals surface area contributed by atoms with Gasteiger partial charge in [-0.1, -0.05) is 22.8 Å². The highest BCUT2D eigenvalue weighted by molar-refractivity contribution is 6.32. The second kappa shape index (κ2) is 5.19. The quantitative estimate of drug-likeness (QED) is 0.912. The lowest BCUT2D eigenvalue weighted by Crippen LogP contribution is -1.98. The summed E-state index contributed by atoms with van der Waals surface area (Å²) in [5.74, 6) is 2.19. The van der Waals surface area contributed by atoms with Crippen LogP contribution in [0.3, 0.4) is 0 Å². The lowest BCUT2D eigenvalue weighted by atomic mass is 10.2. The van der Waals surface area contributed by atoms with Crippen molar-refractivity contribution in [1.82, 2.24) is 10.1 Å². The van der Waals surface area contributed by atoms with E-state index in [9.17, 15) is 0 Å². The average Bonchev–Trinajstić information content (AvgIpc) is 3.17. The molecule has 0 atom stereocenters. The van der Waals surface area contributed by atoms with Gasteiger partial charge in [0.05, 0.1) is 11.6 Å². The van der Waals surface area contributed by atoms with Gasteiger partial charge in [0.15, 0.2) is 6.61 Å². The van der Waals surface area contributed by atoms with E-state index in [1.165, 1.54) is 0 Å². The molecular weight excluding hydrogens is 268 g/mol. The first kappa shape index (κ1) is 12.4. The number of nitrogens with zero attached hydrogens (tertiary/aromatic N) is 2. The third kappa shape index (κ3) is 2.88. The molecule has 5 nitrogen and oxygen atoms in total. The second-order valence-electron chi connectivity index (χ2n) is 4.53. The molecule has 0 unspecified atom stereocenters. The van der Waals surface area contributed by atoms with Crippen LogP contribution in [0.2, 0.25) is 5.02 Å². The Kier molecular flexibility index (Phi) is 3.40. The summed E-state index contributed by atoms with van der Waals surface area (Å²) in [7, 11) is 0. The minimum absolute atomic E-state index is 0.0460. The summed E-state index contributed by atoms with van der Waals surface area (Å²) in [5, 5.41) is 13.3. The number of aliphatic hydroxyl groups is 1. The van der Waals surface area contributed by atoms with Crippen molar-refractivity contribution in [3.8, 4) is 5.75 Å². The Morgan fingerprint density at radius 2 is 2.26 bits per heavy atom. The molecule has 0 aliphatic heterocycles. The van der Waals surface area contributed by atoms with Crippen molar-refractivity contribution < 1.29 is 14.4 Å². The van der Waals surface area contributed by atoms with Gasteiger partial charge in [0.2, 0.25) is 11.7 Å². The van der Waals surface area contributed by atoms with Crippen LogP contribution in [0.5, 0.6) is 5.75 Å². The minimum atomic E-state index is -0.0460. The summed E-state index contributed by atoms with van der Waals surface area (Å²) in [6, 6.07) is 5.14. The molecule has 6 heteroatoms. The van der Waals surface area contributed by atoms with Gasteiger partial charge in [0.25, 0.3) is 0 Å². The van der Waals surface area contributed by atoms with Gasteiger partial charge in [-0.2, -0.15) is 4.98 Å². The number of aliphatic hydroxyl groups excluding tert-OH is 1. The minimum Gasteiger partial charge on any atom is -0.484 e. The van der Waals surface area contributed by atoms with E-state index in [0.717, 1.165) is 18.4 Å². The normalized spacial score (nSPS) is 14.6. The Labute approximate surface area is 115 Å². The maximum atomic E-state index is 8.99. The van der Waals surface area contributed by atoms with Crippen LogP contribution in [0.1, 0.15) is 36.0 Å². The number of benzene rings is 1. The zero-order valence-corrected chi connectivity index (χ0v) is 10.9. The number of hydrogen-bond acceptors (Lipinski definition) is 5. The number of rotatable bonds is 5. The monoisotopic (exact) mass is 280 g/mol. The molecule has 0 bridgehead atoms. The van der Waals surface area contributed by atoms with Crippen LogP contribution in [-0.4, -0.2) is 15.2 Å². The zero-order valence-electron chi connectivity index (χ0n) is 10.2. The second-order valence-corrected chi connectivity index (χ2v) is 4.94. The van der Waals surface area contributed by atoms with Crippen LogP contribution in [0.15, 0.2) is 22.7 Å². The molecule has 1 N–H and O–H groups in total. The van der Waals surface area contributed by atoms with Gasteiger partial charge in [-0.15, -0.1) is 0 Å². The molecule has 1 aromatic carbocycles. The Morgan fingerprint density at radius 3 is 2.95 bits per heavy atom. The predicted octanol–water partition coefficient (Wildman–Crippen LogP) is 2.67. The third-order valence-electron chi connectivity index (χ3n) is 2.95. The molecule has 1 heterocycles. The van der Waals surface area contributed by atoms with Gasteiger partial charge in [-0.25, -0.2) is 0 Å². The van der Waals surface area contributed by atoms with E-state index in [1.807, 2.05) is 0 Å². The highest BCUT2D eigenvalue weighted by Gasteiger charge is 2.29. The van der Waals surface area contributed by atoms with Crippen molar-refractivity contribution in [2.24, 2.45) is 0 Å². The summed E-state index contributed by atoms with van der Waals surface area (Å²) >= 11 is 6.04. The fourth-order valence-electron chi connectivity index (χ4n) is 1.72. The van der Waals surface area contributed by atoms with E-state index < -0.39 is 0 Å². The summed E-state index contributed by atoms with van der Waals surface area (Å²) in [4.78, 5) is 4.26. The Morgan fingerprint density at radius 1 is 1.42 bits per heavy atom. The highest BCUT2D eigenvalue weighted by Crippen LogP contribution is 2.38. The molecule has 1 aliphatic carbocycles. The fourth-order valence-corrected chi connectivity index (χ4v) is 1.98. The molecule has 1 aliphatic rings. The lowest BCUT2D eigenvalue weighted by molar-refractivity contribution is 0.278. The average molecular weight is 281 g/mol. The molecule has 1 aromatic heterocycles. The van der Waals surface area contributed by atoms with Gasteiger partial charge in [-0.3, -0.25) is 0 Å². The van der Waals surface area contributed by atoms with E-state index in [2.05, 4.69) is 10.1 Å². The van der Waals surface area contributed by atoms with Gasteiger partial charge in [0, 0.05) is 5.92 Å². The van der Waals surface area contributed by atoms with Crippen molar-refractivity contribution in [1.29, 1.82) is 0 Å². The van der Waals surface area contributed by atoms with Crippen LogP contribution in [0, 0.1) is 0 Å². The molecule has 3 rings (SSSR count). The first-order valence-corrected chi connectivity index (χ1v) is 6.48. The molecule has 1 saturated carbocycles. The molecule has 1 fully saturated rings. The van der Waals surface area contributed by atoms with E-state index in [0.29, 0.717) is 28.4 Å². The van der Waals surface area contributed by atoms with Crippen LogP contribution >= 0.6 is 11.6 Å². The van der Waals surface area contributed by atoms with Gasteiger partial charge >= 0.3 is 0 Å². The van der Waals surface area contributed by atoms with E-state index in [1.54, 1.807) is 18.2 Å². The van der Waals surface area contributed by atoms with E-state index in [4.69, 9.17) is 26.0 Å². The predicted molar refractivity (Wildman–Crippen MR) is 68.0 cm³/mol. The maximum absolute atomic E-state index is 8.99. The Balaban J connectivity index is 1.64. The van der Waals surface area contributed by atoms with Gasteiger partial charge in [-0.05, 0) is 30.5 Å². The molecule has 0 amide bonds. The smallest absolute Gasteiger partial charge is 0.229 e. The van der Waals surface area contributed by atoms with Crippen molar-refractivity contribution in [3.05, 3.63) is 40.5 Å². The summed E-state index contributed by atoms with van der Waals surface area (Å²) in [5.41, 5.74) is 0.743. The molecule has 0 saturated heterocycles. The van der Waals surface area contributed by atoms with Crippen LogP contribution in [0.4, 0.5) is 0 Å². The Hall–Kier alpha value is -1.59. The lowest BCUT2D eigenvalue weighted by Gasteiger charge is -2.06. The summed E-state index contributed by atoms with van der Waals surface area (Å²) in [6.07, 6.45) is 2.24. The number of aromatic nitrogens is 2. The Bertz CT molecular complexity index is 581. The zero-order chi connectivity index (χ0) is 13.2. The van der Waals surface area contributed by atoms with Crippen LogP contribution < -0.4 is 4.74 Å². The van der Waals surface area contributed by atoms with Crippen molar-refractivity contribution in [2.75, 3.05) is 0 Å². The van der Waals surface area contributed by atoms with Crippen molar-refractivity contribution >= 4 is 11.6 Å². The highest BCUT2D eigenvalue weighted by atomic mass is 35.5. The van der Waals surface area contributed by atoms with Crippen LogP contribution in [0.25, 0.3) is 0 Å². The molecule has 2 aromatic rings. The molecule has 0 spiro atoms. The van der Waals surface area contributed by atoms with Crippen molar-refractivity contribution in [2.45, 2.75) is 32.0 Å². The van der Waals surface area contributed by atoms with E-state index >= 15 is 0 Å². The first-order valence-electron chi connectivity index (χ1n) is 6.11. The third-order valence-corrected chi connectivity index (χ3v) is 3.24. The van der Waals surface area contributed by atoms with Gasteiger partial charge in [0.1, 0.15) is 5.75 Å².